The molecule has 0 aromatic carbocycles. The molecule has 0 bridgehead atoms. The number of rotatable bonds is 2. The molecule has 0 aromatic rings. The largest absolute Gasteiger partial charge is 0.383 e. The number of hydrogen-bond acceptors (Lipinski definition) is 3. The molecule has 1 unspecified atom stereocenters. The molecule has 4 heteroatoms. The molecule has 1 aliphatic heterocycles. The minimum Gasteiger partial charge on any atom is -0.383 e. The van der Waals surface area contributed by atoms with Crippen molar-refractivity contribution in [3.05, 3.63) is 0 Å². The van der Waals surface area contributed by atoms with Crippen LogP contribution in [0.4, 0.5) is 0 Å². The van der Waals surface area contributed by atoms with E-state index in [1.165, 1.54) is 0 Å². The standard InChI is InChI=1S/C8H16N2O2/c1-2-7(11)8(12)10-5-3-9-4-6-10/h7,9,11H,2-6H2,1H3. The maximum absolute atomic E-state index is 11.4. The summed E-state index contributed by atoms with van der Waals surface area (Å²) in [5.74, 6) is -0.126. The van der Waals surface area contributed by atoms with Crippen molar-refractivity contribution in [3.8, 4) is 0 Å². The van der Waals surface area contributed by atoms with E-state index in [9.17, 15) is 9.90 Å². The molecule has 70 valence electrons. The van der Waals surface area contributed by atoms with Crippen molar-refractivity contribution in [1.29, 1.82) is 0 Å². The first kappa shape index (κ1) is 9.48. The summed E-state index contributed by atoms with van der Waals surface area (Å²) >= 11 is 0. The first-order valence-electron chi connectivity index (χ1n) is 4.43. The van der Waals surface area contributed by atoms with Crippen LogP contribution in [0.15, 0.2) is 0 Å². The molecule has 0 aromatic heterocycles. The predicted molar refractivity (Wildman–Crippen MR) is 45.7 cm³/mol. The maximum atomic E-state index is 11.4. The summed E-state index contributed by atoms with van der Waals surface area (Å²) in [6.07, 6.45) is -0.300. The Balaban J connectivity index is 2.39. The van der Waals surface area contributed by atoms with Crippen molar-refractivity contribution in [2.75, 3.05) is 26.2 Å². The van der Waals surface area contributed by atoms with Gasteiger partial charge in [-0.15, -0.1) is 0 Å². The van der Waals surface area contributed by atoms with Crippen LogP contribution in [0, 0.1) is 0 Å². The van der Waals surface area contributed by atoms with Crippen LogP contribution in [0.3, 0.4) is 0 Å². The molecule has 1 atom stereocenters. The number of carbonyl (C=O) groups excluding carboxylic acids is 1. The normalized spacial score (nSPS) is 20.7. The van der Waals surface area contributed by atoms with Gasteiger partial charge >= 0.3 is 0 Å². The Kier molecular flexibility index (Phi) is 3.49. The molecule has 1 heterocycles. The van der Waals surface area contributed by atoms with Gasteiger partial charge in [0.25, 0.3) is 5.91 Å². The SMILES string of the molecule is CCC(O)C(=O)N1CCNCC1. The second-order valence-electron chi connectivity index (χ2n) is 3.00. The van der Waals surface area contributed by atoms with E-state index in [0.717, 1.165) is 26.2 Å². The zero-order chi connectivity index (χ0) is 8.97. The summed E-state index contributed by atoms with van der Waals surface area (Å²) in [6, 6.07) is 0. The van der Waals surface area contributed by atoms with E-state index in [1.807, 2.05) is 6.92 Å². The molecule has 4 nitrogen and oxygen atoms in total. The summed E-state index contributed by atoms with van der Waals surface area (Å²) < 4.78 is 0. The van der Waals surface area contributed by atoms with Gasteiger partial charge in [0, 0.05) is 26.2 Å². The van der Waals surface area contributed by atoms with E-state index in [-0.39, 0.29) is 5.91 Å². The summed E-state index contributed by atoms with van der Waals surface area (Å²) in [4.78, 5) is 13.1. The van der Waals surface area contributed by atoms with Crippen LogP contribution in [0.25, 0.3) is 0 Å². The second kappa shape index (κ2) is 4.42. The monoisotopic (exact) mass is 172 g/mol. The number of hydrogen-bond donors (Lipinski definition) is 2. The fourth-order valence-electron chi connectivity index (χ4n) is 1.27. The molecule has 0 saturated carbocycles. The van der Waals surface area contributed by atoms with Crippen LogP contribution < -0.4 is 5.32 Å². The van der Waals surface area contributed by atoms with Gasteiger partial charge in [0.05, 0.1) is 0 Å². The van der Waals surface area contributed by atoms with Crippen LogP contribution in [-0.4, -0.2) is 48.2 Å². The third kappa shape index (κ3) is 2.19. The van der Waals surface area contributed by atoms with Crippen molar-refractivity contribution in [2.24, 2.45) is 0 Å². The fourth-order valence-corrected chi connectivity index (χ4v) is 1.27. The molecular formula is C8H16N2O2. The van der Waals surface area contributed by atoms with Crippen LogP contribution in [-0.2, 0) is 4.79 Å². The number of piperazine rings is 1. The highest BCUT2D eigenvalue weighted by molar-refractivity contribution is 5.80. The van der Waals surface area contributed by atoms with E-state index >= 15 is 0 Å². The lowest BCUT2D eigenvalue weighted by molar-refractivity contribution is -0.140. The lowest BCUT2D eigenvalue weighted by atomic mass is 10.2. The summed E-state index contributed by atoms with van der Waals surface area (Å²) in [6.45, 7) is 4.92. The second-order valence-corrected chi connectivity index (χ2v) is 3.00. The van der Waals surface area contributed by atoms with E-state index in [2.05, 4.69) is 5.32 Å². The molecule has 2 N–H and O–H groups in total. The molecule has 12 heavy (non-hydrogen) atoms. The first-order valence-corrected chi connectivity index (χ1v) is 4.43. The quantitative estimate of drug-likeness (QED) is 0.573. The number of aliphatic hydroxyl groups is 1. The Hall–Kier alpha value is -0.610. The molecule has 1 aliphatic rings. The average Bonchev–Trinajstić information content (AvgIpc) is 2.17. The van der Waals surface area contributed by atoms with Crippen LogP contribution in [0.2, 0.25) is 0 Å². The molecule has 1 rings (SSSR count). The molecule has 0 spiro atoms. The Labute approximate surface area is 72.6 Å². The first-order chi connectivity index (χ1) is 5.75. The van der Waals surface area contributed by atoms with E-state index in [0.29, 0.717) is 6.42 Å². The third-order valence-electron chi connectivity index (χ3n) is 2.10. The van der Waals surface area contributed by atoms with Crippen LogP contribution >= 0.6 is 0 Å². The fraction of sp³-hybridized carbons (Fsp3) is 0.875. The minimum atomic E-state index is -0.803. The van der Waals surface area contributed by atoms with Crippen molar-refractivity contribution in [3.63, 3.8) is 0 Å². The van der Waals surface area contributed by atoms with Crippen LogP contribution in [0.5, 0.6) is 0 Å². The lowest BCUT2D eigenvalue weighted by Crippen LogP contribution is -2.49. The van der Waals surface area contributed by atoms with E-state index in [1.54, 1.807) is 4.90 Å². The molecule has 0 aliphatic carbocycles. The highest BCUT2D eigenvalue weighted by atomic mass is 16.3. The van der Waals surface area contributed by atoms with Gasteiger partial charge in [0.2, 0.25) is 0 Å². The minimum absolute atomic E-state index is 0.126. The van der Waals surface area contributed by atoms with Crippen molar-refractivity contribution >= 4 is 5.91 Å². The molecule has 1 fully saturated rings. The average molecular weight is 172 g/mol. The van der Waals surface area contributed by atoms with Gasteiger partial charge in [-0.1, -0.05) is 6.92 Å². The number of carbonyl (C=O) groups is 1. The Morgan fingerprint density at radius 3 is 2.67 bits per heavy atom. The number of nitrogens with one attached hydrogen (secondary N) is 1. The summed E-state index contributed by atoms with van der Waals surface area (Å²) in [7, 11) is 0. The predicted octanol–water partition coefficient (Wildman–Crippen LogP) is -0.811. The lowest BCUT2D eigenvalue weighted by Gasteiger charge is -2.28. The Bertz CT molecular complexity index is 155. The van der Waals surface area contributed by atoms with Crippen LogP contribution in [0.1, 0.15) is 13.3 Å². The topological polar surface area (TPSA) is 52.6 Å². The number of aliphatic hydroxyl groups excluding tert-OH is 1. The maximum Gasteiger partial charge on any atom is 0.251 e. The molecule has 0 radical (unpaired) electrons. The van der Waals surface area contributed by atoms with Crippen molar-refractivity contribution in [2.45, 2.75) is 19.4 Å². The zero-order valence-corrected chi connectivity index (χ0v) is 7.42. The third-order valence-corrected chi connectivity index (χ3v) is 2.10. The molecule has 1 saturated heterocycles. The number of nitrogens with zero attached hydrogens (tertiary/aromatic N) is 1. The highest BCUT2D eigenvalue weighted by Crippen LogP contribution is 2.00. The van der Waals surface area contributed by atoms with E-state index < -0.39 is 6.10 Å². The molecular weight excluding hydrogens is 156 g/mol. The summed E-state index contributed by atoms with van der Waals surface area (Å²) in [5.41, 5.74) is 0. The van der Waals surface area contributed by atoms with Crippen molar-refractivity contribution < 1.29 is 9.90 Å². The van der Waals surface area contributed by atoms with Gasteiger partial charge in [0.15, 0.2) is 0 Å². The van der Waals surface area contributed by atoms with Gasteiger partial charge in [-0.3, -0.25) is 4.79 Å². The summed E-state index contributed by atoms with van der Waals surface area (Å²) in [5, 5.41) is 12.4. The highest BCUT2D eigenvalue weighted by Gasteiger charge is 2.21. The Morgan fingerprint density at radius 2 is 2.17 bits per heavy atom. The Morgan fingerprint density at radius 1 is 1.58 bits per heavy atom. The van der Waals surface area contributed by atoms with Gasteiger partial charge < -0.3 is 15.3 Å². The number of amides is 1. The molecule has 1 amide bonds. The van der Waals surface area contributed by atoms with Gasteiger partial charge in [-0.25, -0.2) is 0 Å². The zero-order valence-electron chi connectivity index (χ0n) is 7.42. The van der Waals surface area contributed by atoms with Gasteiger partial charge in [0.1, 0.15) is 6.10 Å². The van der Waals surface area contributed by atoms with Gasteiger partial charge in [-0.2, -0.15) is 0 Å². The van der Waals surface area contributed by atoms with Gasteiger partial charge in [-0.05, 0) is 6.42 Å². The van der Waals surface area contributed by atoms with E-state index in [4.69, 9.17) is 0 Å². The van der Waals surface area contributed by atoms with Crippen molar-refractivity contribution in [1.82, 2.24) is 10.2 Å². The smallest absolute Gasteiger partial charge is 0.251 e.